The van der Waals surface area contributed by atoms with Gasteiger partial charge in [-0.15, -0.1) is 0 Å². The molecule has 0 saturated carbocycles. The van der Waals surface area contributed by atoms with Crippen LogP contribution in [0.1, 0.15) is 19.3 Å². The molecule has 0 radical (unpaired) electrons. The normalized spacial score (nSPS) is 16.2. The van der Waals surface area contributed by atoms with Crippen molar-refractivity contribution in [3.63, 3.8) is 0 Å². The van der Waals surface area contributed by atoms with Gasteiger partial charge in [0, 0.05) is 16.8 Å². The molecule has 1 atom stereocenters. The number of ether oxygens (including phenoxy) is 2. The Hall–Kier alpha value is -3.28. The summed E-state index contributed by atoms with van der Waals surface area (Å²) in [4.78, 5) is 24.4. The number of carbonyl (C=O) groups is 2. The minimum Gasteiger partial charge on any atom is -0.495 e. The molecule has 2 aromatic carbocycles. The fraction of sp³-hybridized carbons (Fsp3) is 0.273. The number of para-hydroxylation sites is 1. The van der Waals surface area contributed by atoms with Crippen LogP contribution in [0, 0.1) is 5.92 Å². The quantitative estimate of drug-likeness (QED) is 0.524. The van der Waals surface area contributed by atoms with Crippen molar-refractivity contribution >= 4 is 39.5 Å². The smallest absolute Gasteiger partial charge is 0.309 e. The Morgan fingerprint density at radius 3 is 2.79 bits per heavy atom. The van der Waals surface area contributed by atoms with Crippen LogP contribution in [0.15, 0.2) is 53.0 Å². The summed E-state index contributed by atoms with van der Waals surface area (Å²) < 4.78 is 16.5. The highest BCUT2D eigenvalue weighted by Crippen LogP contribution is 2.36. The zero-order valence-electron chi connectivity index (χ0n) is 15.6. The Labute approximate surface area is 162 Å². The fourth-order valence-corrected chi connectivity index (χ4v) is 3.47. The van der Waals surface area contributed by atoms with Crippen molar-refractivity contribution in [2.45, 2.75) is 19.3 Å². The van der Waals surface area contributed by atoms with E-state index in [-0.39, 0.29) is 18.5 Å². The first-order valence-electron chi connectivity index (χ1n) is 9.26. The first-order valence-corrected chi connectivity index (χ1v) is 9.26. The number of hydrogen-bond donors (Lipinski definition) is 1. The largest absolute Gasteiger partial charge is 0.495 e. The van der Waals surface area contributed by atoms with Gasteiger partial charge < -0.3 is 19.2 Å². The van der Waals surface area contributed by atoms with Crippen LogP contribution < -0.4 is 10.1 Å². The summed E-state index contributed by atoms with van der Waals surface area (Å²) in [6.45, 7) is -0.333. The lowest BCUT2D eigenvalue weighted by Gasteiger charge is -2.16. The third-order valence-electron chi connectivity index (χ3n) is 4.92. The zero-order valence-corrected chi connectivity index (χ0v) is 15.6. The monoisotopic (exact) mass is 379 g/mol. The molecule has 3 aromatic rings. The van der Waals surface area contributed by atoms with Crippen molar-refractivity contribution in [3.8, 4) is 5.75 Å². The molecule has 1 aliphatic carbocycles. The highest BCUT2D eigenvalue weighted by Gasteiger charge is 2.21. The van der Waals surface area contributed by atoms with Crippen molar-refractivity contribution in [1.29, 1.82) is 0 Å². The second-order valence-electron chi connectivity index (χ2n) is 6.78. The van der Waals surface area contributed by atoms with E-state index in [1.165, 1.54) is 7.11 Å². The maximum absolute atomic E-state index is 12.3. The van der Waals surface area contributed by atoms with E-state index in [9.17, 15) is 9.59 Å². The highest BCUT2D eigenvalue weighted by atomic mass is 16.5. The van der Waals surface area contributed by atoms with Crippen LogP contribution in [0.3, 0.4) is 0 Å². The molecule has 1 aromatic heterocycles. The average molecular weight is 379 g/mol. The van der Waals surface area contributed by atoms with Gasteiger partial charge in [-0.1, -0.05) is 30.4 Å². The summed E-state index contributed by atoms with van der Waals surface area (Å²) in [5, 5.41) is 4.62. The van der Waals surface area contributed by atoms with Crippen LogP contribution in [0.4, 0.5) is 5.69 Å². The number of amides is 1. The Balaban J connectivity index is 1.48. The third-order valence-corrected chi connectivity index (χ3v) is 4.92. The molecule has 144 valence electrons. The van der Waals surface area contributed by atoms with Gasteiger partial charge in [0.2, 0.25) is 0 Å². The molecule has 1 N–H and O–H groups in total. The minimum absolute atomic E-state index is 0.167. The van der Waals surface area contributed by atoms with E-state index in [0.29, 0.717) is 23.4 Å². The van der Waals surface area contributed by atoms with Crippen molar-refractivity contribution < 1.29 is 23.5 Å². The van der Waals surface area contributed by atoms with Gasteiger partial charge in [-0.3, -0.25) is 9.59 Å². The fourth-order valence-electron chi connectivity index (χ4n) is 3.47. The molecule has 4 rings (SSSR count). The number of rotatable bonds is 5. The number of nitrogens with one attached hydrogen (secondary N) is 1. The summed E-state index contributed by atoms with van der Waals surface area (Å²) in [5.74, 6) is -0.414. The summed E-state index contributed by atoms with van der Waals surface area (Å²) in [6, 6.07) is 11.3. The van der Waals surface area contributed by atoms with Crippen LogP contribution in [-0.2, 0) is 14.3 Å². The van der Waals surface area contributed by atoms with Gasteiger partial charge in [-0.25, -0.2) is 0 Å². The van der Waals surface area contributed by atoms with Gasteiger partial charge in [0.25, 0.3) is 5.91 Å². The van der Waals surface area contributed by atoms with Crippen LogP contribution in [0.5, 0.6) is 5.75 Å². The molecule has 0 unspecified atom stereocenters. The number of furan rings is 1. The molecule has 1 heterocycles. The van der Waals surface area contributed by atoms with Crippen LogP contribution in [0.2, 0.25) is 0 Å². The number of benzene rings is 2. The Morgan fingerprint density at radius 1 is 1.14 bits per heavy atom. The topological polar surface area (TPSA) is 77.8 Å². The lowest BCUT2D eigenvalue weighted by atomic mass is 9.95. The van der Waals surface area contributed by atoms with E-state index < -0.39 is 5.91 Å². The van der Waals surface area contributed by atoms with Crippen molar-refractivity contribution in [3.05, 3.63) is 48.6 Å². The molecule has 0 spiro atoms. The molecule has 1 amide bonds. The average Bonchev–Trinajstić information content (AvgIpc) is 3.09. The van der Waals surface area contributed by atoms with Gasteiger partial charge >= 0.3 is 5.97 Å². The van der Waals surface area contributed by atoms with E-state index in [2.05, 4.69) is 11.4 Å². The second-order valence-corrected chi connectivity index (χ2v) is 6.78. The van der Waals surface area contributed by atoms with Gasteiger partial charge in [0.15, 0.2) is 6.61 Å². The molecular weight excluding hydrogens is 358 g/mol. The van der Waals surface area contributed by atoms with Gasteiger partial charge in [-0.05, 0) is 31.4 Å². The molecule has 0 fully saturated rings. The van der Waals surface area contributed by atoms with Crippen LogP contribution in [-0.4, -0.2) is 25.6 Å². The number of methoxy groups -OCH3 is 1. The predicted octanol–water partition coefficient (Wildman–Crippen LogP) is 4.43. The number of fused-ring (bicyclic) bond motifs is 3. The van der Waals surface area contributed by atoms with Crippen molar-refractivity contribution in [2.24, 2.45) is 5.92 Å². The number of carbonyl (C=O) groups excluding carboxylic acids is 2. The van der Waals surface area contributed by atoms with E-state index in [1.54, 1.807) is 6.07 Å². The highest BCUT2D eigenvalue weighted by molar-refractivity contribution is 6.07. The lowest BCUT2D eigenvalue weighted by Crippen LogP contribution is -2.25. The predicted molar refractivity (Wildman–Crippen MR) is 106 cm³/mol. The molecule has 6 nitrogen and oxygen atoms in total. The standard InChI is InChI=1S/C22H21NO5/c1-26-20-11-16-15-9-5-6-10-18(15)28-19(16)12-17(20)23-21(24)13-27-22(25)14-7-3-2-4-8-14/h2-3,5-6,9-12,14H,4,7-8,13H2,1H3,(H,23,24)/t14-/m0/s1. The van der Waals surface area contributed by atoms with Gasteiger partial charge in [-0.2, -0.15) is 0 Å². The number of anilines is 1. The summed E-state index contributed by atoms with van der Waals surface area (Å²) in [6.07, 6.45) is 6.31. The first kappa shape index (κ1) is 18.1. The van der Waals surface area contributed by atoms with E-state index in [1.807, 2.05) is 36.4 Å². The first-order chi connectivity index (χ1) is 13.7. The summed E-state index contributed by atoms with van der Waals surface area (Å²) in [5.41, 5.74) is 1.87. The molecular formula is C22H21NO5. The van der Waals surface area contributed by atoms with Gasteiger partial charge in [0.05, 0.1) is 18.7 Å². The van der Waals surface area contributed by atoms with Crippen molar-refractivity contribution in [2.75, 3.05) is 19.0 Å². The summed E-state index contributed by atoms with van der Waals surface area (Å²) >= 11 is 0. The third kappa shape index (κ3) is 3.58. The SMILES string of the molecule is COc1cc2c(cc1NC(=O)COC(=O)[C@H]1CC=CCC1)oc1ccccc12. The maximum atomic E-state index is 12.3. The zero-order chi connectivity index (χ0) is 19.5. The number of esters is 1. The minimum atomic E-state index is -0.423. The summed E-state index contributed by atoms with van der Waals surface area (Å²) in [7, 11) is 1.54. The number of hydrogen-bond acceptors (Lipinski definition) is 5. The molecule has 0 bridgehead atoms. The lowest BCUT2D eigenvalue weighted by molar-refractivity contribution is -0.151. The maximum Gasteiger partial charge on any atom is 0.309 e. The van der Waals surface area contributed by atoms with E-state index in [4.69, 9.17) is 13.9 Å². The van der Waals surface area contributed by atoms with Crippen LogP contribution >= 0.6 is 0 Å². The molecule has 1 aliphatic rings. The van der Waals surface area contributed by atoms with Crippen LogP contribution in [0.25, 0.3) is 21.9 Å². The molecule has 0 saturated heterocycles. The molecule has 0 aliphatic heterocycles. The van der Waals surface area contributed by atoms with E-state index in [0.717, 1.165) is 29.2 Å². The Kier molecular flexibility index (Phi) is 5.02. The van der Waals surface area contributed by atoms with Crippen molar-refractivity contribution in [1.82, 2.24) is 0 Å². The number of allylic oxidation sites excluding steroid dienone is 2. The molecule has 6 heteroatoms. The Bertz CT molecular complexity index is 1070. The Morgan fingerprint density at radius 2 is 2.00 bits per heavy atom. The van der Waals surface area contributed by atoms with E-state index >= 15 is 0 Å². The second kappa shape index (κ2) is 7.76. The van der Waals surface area contributed by atoms with Gasteiger partial charge in [0.1, 0.15) is 16.9 Å². The molecule has 28 heavy (non-hydrogen) atoms.